The van der Waals surface area contributed by atoms with Crippen molar-refractivity contribution in [2.75, 3.05) is 7.05 Å². The highest BCUT2D eigenvalue weighted by Gasteiger charge is 2.54. The average Bonchev–Trinajstić information content (AvgIpc) is 2.63. The van der Waals surface area contributed by atoms with Crippen LogP contribution in [0.3, 0.4) is 0 Å². The Bertz CT molecular complexity index is 260. The van der Waals surface area contributed by atoms with E-state index in [0.29, 0.717) is 6.04 Å². The molecule has 0 bridgehead atoms. The van der Waals surface area contributed by atoms with Crippen molar-refractivity contribution in [1.29, 1.82) is 0 Å². The fourth-order valence-electron chi connectivity index (χ4n) is 3.83. The summed E-state index contributed by atoms with van der Waals surface area (Å²) in [7, 11) is 1.25. The van der Waals surface area contributed by atoms with Crippen molar-refractivity contribution in [3.63, 3.8) is 0 Å². The van der Waals surface area contributed by atoms with Crippen LogP contribution in [0, 0.1) is 5.92 Å². The van der Waals surface area contributed by atoms with E-state index in [0.717, 1.165) is 18.8 Å². The van der Waals surface area contributed by atoms with Crippen LogP contribution in [0.4, 0.5) is 0 Å². The molecule has 0 N–H and O–H groups in total. The zero-order valence-corrected chi connectivity index (χ0v) is 12.9. The molecular formula is C13H25ClNOP. The number of likely N-dealkylation sites (N-methyl/N-ethyl adjacent to an activating group) is 1. The fraction of sp³-hybridized carbons (Fsp3) is 1.00. The molecule has 0 aromatic heterocycles. The first-order valence-electron chi connectivity index (χ1n) is 7.03. The van der Waals surface area contributed by atoms with Crippen LogP contribution < -0.4 is 0 Å². The standard InChI is InChI=1S/C13H25ClNOP/c1-4-12-13(5-2,16-17(14)15(12)3)11-9-7-6-8-10-11/h11-12H,4-10H2,1-3H3. The molecule has 1 saturated heterocycles. The molecule has 0 aromatic carbocycles. The molecule has 1 saturated carbocycles. The molecule has 3 unspecified atom stereocenters. The van der Waals surface area contributed by atoms with Crippen LogP contribution in [-0.4, -0.2) is 23.4 Å². The van der Waals surface area contributed by atoms with Crippen LogP contribution >= 0.6 is 18.9 Å². The van der Waals surface area contributed by atoms with Crippen molar-refractivity contribution >= 4 is 18.9 Å². The summed E-state index contributed by atoms with van der Waals surface area (Å²) in [6.07, 6.45) is 9.06. The second-order valence-electron chi connectivity index (χ2n) is 5.46. The van der Waals surface area contributed by atoms with E-state index in [1.807, 2.05) is 0 Å². The lowest BCUT2D eigenvalue weighted by Gasteiger charge is -2.42. The molecule has 100 valence electrons. The third-order valence-corrected chi connectivity index (χ3v) is 6.93. The average molecular weight is 278 g/mol. The quantitative estimate of drug-likeness (QED) is 0.679. The van der Waals surface area contributed by atoms with Gasteiger partial charge in [0.15, 0.2) is 0 Å². The molecule has 1 aliphatic carbocycles. The van der Waals surface area contributed by atoms with Crippen LogP contribution in [0.5, 0.6) is 0 Å². The van der Waals surface area contributed by atoms with E-state index in [1.165, 1.54) is 32.1 Å². The minimum absolute atomic E-state index is 0.0391. The largest absolute Gasteiger partial charge is 0.323 e. The van der Waals surface area contributed by atoms with E-state index < -0.39 is 7.65 Å². The maximum atomic E-state index is 6.39. The summed E-state index contributed by atoms with van der Waals surface area (Å²) in [4.78, 5) is 0. The Balaban J connectivity index is 2.22. The number of hydrogen-bond donors (Lipinski definition) is 0. The molecule has 1 aliphatic heterocycles. The van der Waals surface area contributed by atoms with Gasteiger partial charge in [0, 0.05) is 6.04 Å². The Hall–Kier alpha value is 0.640. The highest BCUT2D eigenvalue weighted by atomic mass is 35.7. The zero-order valence-electron chi connectivity index (χ0n) is 11.3. The molecule has 2 fully saturated rings. The molecule has 2 nitrogen and oxygen atoms in total. The van der Waals surface area contributed by atoms with Crippen LogP contribution in [0.15, 0.2) is 0 Å². The van der Waals surface area contributed by atoms with E-state index in [-0.39, 0.29) is 5.60 Å². The maximum Gasteiger partial charge on any atom is 0.207 e. The van der Waals surface area contributed by atoms with Gasteiger partial charge in [-0.05, 0) is 49.9 Å². The topological polar surface area (TPSA) is 12.5 Å². The predicted molar refractivity (Wildman–Crippen MR) is 75.3 cm³/mol. The van der Waals surface area contributed by atoms with Gasteiger partial charge in [-0.25, -0.2) is 4.67 Å². The molecule has 4 heteroatoms. The summed E-state index contributed by atoms with van der Waals surface area (Å²) in [5.74, 6) is 0.722. The van der Waals surface area contributed by atoms with Crippen molar-refractivity contribution in [3.05, 3.63) is 0 Å². The normalized spacial score (nSPS) is 40.9. The number of nitrogens with zero attached hydrogens (tertiary/aromatic N) is 1. The highest BCUT2D eigenvalue weighted by molar-refractivity contribution is 7.78. The van der Waals surface area contributed by atoms with Gasteiger partial charge < -0.3 is 4.52 Å². The predicted octanol–water partition coefficient (Wildman–Crippen LogP) is 4.92. The monoisotopic (exact) mass is 277 g/mol. The lowest BCUT2D eigenvalue weighted by atomic mass is 9.71. The van der Waals surface area contributed by atoms with E-state index in [4.69, 9.17) is 15.8 Å². The molecule has 0 amide bonds. The van der Waals surface area contributed by atoms with Gasteiger partial charge in [0.05, 0.1) is 5.60 Å². The second kappa shape index (κ2) is 5.74. The van der Waals surface area contributed by atoms with Crippen LogP contribution in [0.25, 0.3) is 0 Å². The van der Waals surface area contributed by atoms with Gasteiger partial charge in [-0.15, -0.1) is 0 Å². The molecular weight excluding hydrogens is 253 g/mol. The smallest absolute Gasteiger partial charge is 0.207 e. The van der Waals surface area contributed by atoms with Crippen LogP contribution in [-0.2, 0) is 4.52 Å². The Morgan fingerprint density at radius 1 is 1.29 bits per heavy atom. The van der Waals surface area contributed by atoms with Crippen LogP contribution in [0.2, 0.25) is 0 Å². The highest BCUT2D eigenvalue weighted by Crippen LogP contribution is 2.63. The van der Waals surface area contributed by atoms with E-state index >= 15 is 0 Å². The third kappa shape index (κ3) is 2.39. The fourth-order valence-corrected chi connectivity index (χ4v) is 5.92. The summed E-state index contributed by atoms with van der Waals surface area (Å²) in [5, 5.41) is 0. The molecule has 0 aromatic rings. The van der Waals surface area contributed by atoms with Gasteiger partial charge in [-0.1, -0.05) is 33.1 Å². The van der Waals surface area contributed by atoms with Crippen molar-refractivity contribution in [2.24, 2.45) is 5.92 Å². The lowest BCUT2D eigenvalue weighted by molar-refractivity contribution is -0.0173. The second-order valence-corrected chi connectivity index (χ2v) is 7.59. The summed E-state index contributed by atoms with van der Waals surface area (Å²) >= 11 is 6.39. The first-order chi connectivity index (χ1) is 8.15. The number of rotatable bonds is 3. The minimum Gasteiger partial charge on any atom is -0.323 e. The van der Waals surface area contributed by atoms with E-state index in [9.17, 15) is 0 Å². The summed E-state index contributed by atoms with van der Waals surface area (Å²) in [6.45, 7) is 4.54. The Kier molecular flexibility index (Phi) is 4.74. The van der Waals surface area contributed by atoms with E-state index in [1.54, 1.807) is 0 Å². The molecule has 2 rings (SSSR count). The summed E-state index contributed by atoms with van der Waals surface area (Å²) < 4.78 is 8.60. The van der Waals surface area contributed by atoms with Gasteiger partial charge in [0.25, 0.3) is 0 Å². The van der Waals surface area contributed by atoms with Gasteiger partial charge in [0.2, 0.25) is 7.65 Å². The number of halogens is 1. The first kappa shape index (κ1) is 14.1. The molecule has 17 heavy (non-hydrogen) atoms. The summed E-state index contributed by atoms with van der Waals surface area (Å²) in [6, 6.07) is 0.513. The molecule has 0 radical (unpaired) electrons. The molecule has 2 aliphatic rings. The SMILES string of the molecule is CCC1N(C)P(Cl)OC1(CC)C1CCCCC1. The molecule has 0 spiro atoms. The first-order valence-corrected chi connectivity index (χ1v) is 9.15. The van der Waals surface area contributed by atoms with Crippen molar-refractivity contribution in [3.8, 4) is 0 Å². The van der Waals surface area contributed by atoms with Crippen molar-refractivity contribution in [2.45, 2.75) is 70.4 Å². The van der Waals surface area contributed by atoms with Gasteiger partial charge >= 0.3 is 0 Å². The molecule has 1 heterocycles. The lowest BCUT2D eigenvalue weighted by Crippen LogP contribution is -2.49. The van der Waals surface area contributed by atoms with Crippen molar-refractivity contribution in [1.82, 2.24) is 4.67 Å². The van der Waals surface area contributed by atoms with Gasteiger partial charge in [-0.2, -0.15) is 0 Å². The Morgan fingerprint density at radius 3 is 2.47 bits per heavy atom. The minimum atomic E-state index is -0.884. The van der Waals surface area contributed by atoms with Crippen LogP contribution in [0.1, 0.15) is 58.8 Å². The maximum absolute atomic E-state index is 6.39. The third-order valence-electron chi connectivity index (χ3n) is 4.74. The Labute approximate surface area is 112 Å². The molecule has 3 atom stereocenters. The Morgan fingerprint density at radius 2 is 1.94 bits per heavy atom. The van der Waals surface area contributed by atoms with Gasteiger partial charge in [-0.3, -0.25) is 0 Å². The van der Waals surface area contributed by atoms with E-state index in [2.05, 4.69) is 25.6 Å². The van der Waals surface area contributed by atoms with Gasteiger partial charge in [0.1, 0.15) is 0 Å². The summed E-state index contributed by atoms with van der Waals surface area (Å²) in [5.41, 5.74) is 0.0391. The number of hydrogen-bond acceptors (Lipinski definition) is 2. The zero-order chi connectivity index (χ0) is 12.5. The van der Waals surface area contributed by atoms with Crippen molar-refractivity contribution < 1.29 is 4.52 Å².